The van der Waals surface area contributed by atoms with Crippen LogP contribution in [0, 0.1) is 11.3 Å². The molecule has 0 saturated heterocycles. The van der Waals surface area contributed by atoms with Gasteiger partial charge in [-0.1, -0.05) is 18.2 Å². The quantitative estimate of drug-likeness (QED) is 0.592. The van der Waals surface area contributed by atoms with E-state index in [1.54, 1.807) is 24.3 Å². The number of anilines is 1. The molecule has 2 aromatic carbocycles. The van der Waals surface area contributed by atoms with Gasteiger partial charge in [0.1, 0.15) is 17.4 Å². The molecule has 0 saturated carbocycles. The number of nitriles is 1. The predicted molar refractivity (Wildman–Crippen MR) is 85.3 cm³/mol. The first-order chi connectivity index (χ1) is 11.0. The number of carbonyl (C=O) groups is 2. The molecule has 0 atom stereocenters. The highest BCUT2D eigenvalue weighted by Gasteiger charge is 2.10. The van der Waals surface area contributed by atoms with E-state index in [4.69, 9.17) is 11.0 Å². The van der Waals surface area contributed by atoms with Gasteiger partial charge in [0.2, 0.25) is 5.91 Å². The maximum absolute atomic E-state index is 12.1. The number of phenols is 1. The largest absolute Gasteiger partial charge is 0.508 e. The van der Waals surface area contributed by atoms with Crippen LogP contribution in [0.3, 0.4) is 0 Å². The Morgan fingerprint density at radius 2 is 1.87 bits per heavy atom. The number of primary amides is 1. The summed E-state index contributed by atoms with van der Waals surface area (Å²) in [5, 5.41) is 20.9. The number of nitrogens with two attached hydrogens (primary N) is 1. The van der Waals surface area contributed by atoms with Crippen molar-refractivity contribution in [3.8, 4) is 11.8 Å². The molecule has 2 aromatic rings. The third-order valence-electron chi connectivity index (χ3n) is 2.97. The number of hydrogen-bond donors (Lipinski definition) is 3. The molecule has 0 spiro atoms. The summed E-state index contributed by atoms with van der Waals surface area (Å²) < 4.78 is 0. The molecule has 0 radical (unpaired) electrons. The van der Waals surface area contributed by atoms with Crippen LogP contribution >= 0.6 is 0 Å². The zero-order valence-electron chi connectivity index (χ0n) is 12.0. The first kappa shape index (κ1) is 15.8. The summed E-state index contributed by atoms with van der Waals surface area (Å²) in [6.07, 6.45) is 1.40. The molecule has 0 fully saturated rings. The van der Waals surface area contributed by atoms with Gasteiger partial charge in [-0.15, -0.1) is 0 Å². The smallest absolute Gasteiger partial charge is 0.266 e. The monoisotopic (exact) mass is 307 g/mol. The zero-order valence-corrected chi connectivity index (χ0v) is 12.0. The SMILES string of the molecule is N#C/C(=C\c1ccc(O)cc1)C(=O)Nc1cccc(C(N)=O)c1. The molecule has 0 aliphatic heterocycles. The van der Waals surface area contributed by atoms with Crippen molar-refractivity contribution in [2.45, 2.75) is 0 Å². The second-order valence-electron chi connectivity index (χ2n) is 4.66. The lowest BCUT2D eigenvalue weighted by Gasteiger charge is -2.05. The molecule has 0 aliphatic carbocycles. The minimum Gasteiger partial charge on any atom is -0.508 e. The predicted octanol–water partition coefficient (Wildman–Crippen LogP) is 2.04. The summed E-state index contributed by atoms with van der Waals surface area (Å²) in [6.45, 7) is 0. The van der Waals surface area contributed by atoms with Crippen molar-refractivity contribution in [3.63, 3.8) is 0 Å². The highest BCUT2D eigenvalue weighted by molar-refractivity contribution is 6.10. The number of hydrogen-bond acceptors (Lipinski definition) is 4. The molecule has 4 N–H and O–H groups in total. The van der Waals surface area contributed by atoms with Gasteiger partial charge in [-0.05, 0) is 42.0 Å². The van der Waals surface area contributed by atoms with Crippen molar-refractivity contribution < 1.29 is 14.7 Å². The van der Waals surface area contributed by atoms with E-state index in [9.17, 15) is 14.7 Å². The second-order valence-corrected chi connectivity index (χ2v) is 4.66. The number of nitrogens with zero attached hydrogens (tertiary/aromatic N) is 1. The van der Waals surface area contributed by atoms with Crippen LogP contribution in [0.2, 0.25) is 0 Å². The number of aromatic hydroxyl groups is 1. The Morgan fingerprint density at radius 3 is 2.48 bits per heavy atom. The van der Waals surface area contributed by atoms with Crippen LogP contribution in [0.5, 0.6) is 5.75 Å². The molecule has 0 aliphatic rings. The fourth-order valence-electron chi connectivity index (χ4n) is 1.83. The summed E-state index contributed by atoms with van der Waals surface area (Å²) in [4.78, 5) is 23.3. The molecule has 6 heteroatoms. The minimum absolute atomic E-state index is 0.0911. The van der Waals surface area contributed by atoms with Gasteiger partial charge in [0, 0.05) is 11.3 Å². The highest BCUT2D eigenvalue weighted by Crippen LogP contribution is 2.15. The van der Waals surface area contributed by atoms with Crippen LogP contribution in [0.1, 0.15) is 15.9 Å². The molecular formula is C17H13N3O3. The lowest BCUT2D eigenvalue weighted by molar-refractivity contribution is -0.112. The summed E-state index contributed by atoms with van der Waals surface area (Å²) >= 11 is 0. The average Bonchev–Trinajstić information content (AvgIpc) is 2.54. The van der Waals surface area contributed by atoms with Crippen LogP contribution in [0.4, 0.5) is 5.69 Å². The average molecular weight is 307 g/mol. The van der Waals surface area contributed by atoms with Gasteiger partial charge < -0.3 is 16.2 Å². The fraction of sp³-hybridized carbons (Fsp3) is 0. The van der Waals surface area contributed by atoms with E-state index in [1.807, 2.05) is 6.07 Å². The molecule has 0 heterocycles. The van der Waals surface area contributed by atoms with Gasteiger partial charge in [0.25, 0.3) is 5.91 Å². The molecular weight excluding hydrogens is 294 g/mol. The lowest BCUT2D eigenvalue weighted by atomic mass is 10.1. The highest BCUT2D eigenvalue weighted by atomic mass is 16.3. The van der Waals surface area contributed by atoms with Crippen molar-refractivity contribution in [3.05, 3.63) is 65.2 Å². The van der Waals surface area contributed by atoms with E-state index >= 15 is 0 Å². The van der Waals surface area contributed by atoms with Gasteiger partial charge in [0.05, 0.1) is 0 Å². The normalized spacial score (nSPS) is 10.7. The number of carbonyl (C=O) groups excluding carboxylic acids is 2. The number of rotatable bonds is 4. The zero-order chi connectivity index (χ0) is 16.8. The van der Waals surface area contributed by atoms with Crippen molar-refractivity contribution in [1.29, 1.82) is 5.26 Å². The van der Waals surface area contributed by atoms with E-state index in [2.05, 4.69) is 5.32 Å². The molecule has 0 bridgehead atoms. The van der Waals surface area contributed by atoms with Crippen LogP contribution in [0.15, 0.2) is 54.1 Å². The number of benzene rings is 2. The number of phenolic OH excluding ortho intramolecular Hbond substituents is 1. The summed E-state index contributed by atoms with van der Waals surface area (Å²) in [6, 6.07) is 14.0. The third kappa shape index (κ3) is 4.19. The maximum Gasteiger partial charge on any atom is 0.266 e. The topological polar surface area (TPSA) is 116 Å². The molecule has 23 heavy (non-hydrogen) atoms. The summed E-state index contributed by atoms with van der Waals surface area (Å²) in [5.41, 5.74) is 6.28. The third-order valence-corrected chi connectivity index (χ3v) is 2.97. The summed E-state index contributed by atoms with van der Waals surface area (Å²) in [5.74, 6) is -1.13. The Hall–Kier alpha value is -3.59. The lowest BCUT2D eigenvalue weighted by Crippen LogP contribution is -2.15. The van der Waals surface area contributed by atoms with Crippen LogP contribution in [0.25, 0.3) is 6.08 Å². The Labute approximate surface area is 132 Å². The van der Waals surface area contributed by atoms with E-state index in [-0.39, 0.29) is 16.9 Å². The van der Waals surface area contributed by atoms with Crippen LogP contribution < -0.4 is 11.1 Å². The van der Waals surface area contributed by atoms with Crippen molar-refractivity contribution in [1.82, 2.24) is 0 Å². The van der Waals surface area contributed by atoms with E-state index in [1.165, 1.54) is 30.3 Å². The second kappa shape index (κ2) is 6.91. The molecule has 0 aromatic heterocycles. The minimum atomic E-state index is -0.610. The Balaban J connectivity index is 2.21. The first-order valence-corrected chi connectivity index (χ1v) is 6.61. The molecule has 0 unspecified atom stereocenters. The molecule has 6 nitrogen and oxygen atoms in total. The van der Waals surface area contributed by atoms with E-state index < -0.39 is 11.8 Å². The van der Waals surface area contributed by atoms with Gasteiger partial charge in [-0.25, -0.2) is 0 Å². The number of nitrogens with one attached hydrogen (secondary N) is 1. The van der Waals surface area contributed by atoms with Crippen LogP contribution in [-0.4, -0.2) is 16.9 Å². The fourth-order valence-corrected chi connectivity index (χ4v) is 1.83. The molecule has 2 amide bonds. The van der Waals surface area contributed by atoms with Crippen molar-refractivity contribution in [2.24, 2.45) is 5.73 Å². The Kier molecular flexibility index (Phi) is 4.75. The molecule has 2 rings (SSSR count). The maximum atomic E-state index is 12.1. The first-order valence-electron chi connectivity index (χ1n) is 6.61. The van der Waals surface area contributed by atoms with E-state index in [0.717, 1.165) is 0 Å². The summed E-state index contributed by atoms with van der Waals surface area (Å²) in [7, 11) is 0. The Morgan fingerprint density at radius 1 is 1.17 bits per heavy atom. The van der Waals surface area contributed by atoms with Gasteiger partial charge >= 0.3 is 0 Å². The van der Waals surface area contributed by atoms with Gasteiger partial charge in [-0.2, -0.15) is 5.26 Å². The van der Waals surface area contributed by atoms with Crippen molar-refractivity contribution >= 4 is 23.6 Å². The standard InChI is InChI=1S/C17H13N3O3/c18-10-13(8-11-4-6-15(21)7-5-11)17(23)20-14-3-1-2-12(9-14)16(19)22/h1-9,21H,(H2,19,22)(H,20,23)/b13-8+. The Bertz CT molecular complexity index is 818. The van der Waals surface area contributed by atoms with Gasteiger partial charge in [0.15, 0.2) is 0 Å². The van der Waals surface area contributed by atoms with Crippen LogP contribution in [-0.2, 0) is 4.79 Å². The molecule has 114 valence electrons. The van der Waals surface area contributed by atoms with Gasteiger partial charge in [-0.3, -0.25) is 9.59 Å². The van der Waals surface area contributed by atoms with Crippen molar-refractivity contribution in [2.75, 3.05) is 5.32 Å². The van der Waals surface area contributed by atoms with E-state index in [0.29, 0.717) is 11.3 Å². The number of amides is 2.